The van der Waals surface area contributed by atoms with Gasteiger partial charge in [0.15, 0.2) is 0 Å². The van der Waals surface area contributed by atoms with Crippen LogP contribution in [0.2, 0.25) is 0 Å². The van der Waals surface area contributed by atoms with Crippen molar-refractivity contribution in [1.82, 2.24) is 3.53 Å². The van der Waals surface area contributed by atoms with Gasteiger partial charge in [0.05, 0.1) is 0 Å². The molecule has 1 aliphatic heterocycles. The quantitative estimate of drug-likeness (QED) is 0.104. The van der Waals surface area contributed by atoms with E-state index in [1.54, 1.807) is 0 Å². The van der Waals surface area contributed by atoms with E-state index in [4.69, 9.17) is 9.47 Å². The van der Waals surface area contributed by atoms with Crippen molar-refractivity contribution in [3.8, 4) is 0 Å². The fraction of sp³-hybridized carbons (Fsp3) is 0.929. The van der Waals surface area contributed by atoms with Crippen LogP contribution in [0.1, 0.15) is 40.0 Å². The zero-order chi connectivity index (χ0) is 14.5. The number of esters is 1. The molecule has 3 aliphatic rings. The molecule has 5 unspecified atom stereocenters. The number of fused-ring (bicyclic) bond motifs is 2. The zero-order valence-corrected chi connectivity index (χ0v) is 16.4. The van der Waals surface area contributed by atoms with E-state index >= 15 is 0 Å². The molecule has 2 aliphatic carbocycles. The SMILES string of the molecule is CC12CCC(C1)C(C)(C)C2OCOC(=O)C(I)C1N[I-]1. The first-order valence-corrected chi connectivity index (χ1v) is 10.7. The van der Waals surface area contributed by atoms with Gasteiger partial charge in [-0.2, -0.15) is 0 Å². The normalized spacial score (nSPS) is 42.9. The van der Waals surface area contributed by atoms with E-state index < -0.39 is 0 Å². The van der Waals surface area contributed by atoms with Crippen LogP contribution in [-0.2, 0) is 14.3 Å². The van der Waals surface area contributed by atoms with Crippen LogP contribution in [0.4, 0.5) is 0 Å². The van der Waals surface area contributed by atoms with Gasteiger partial charge in [0.25, 0.3) is 0 Å². The molecule has 3 fully saturated rings. The number of carbonyl (C=O) groups is 1. The molecule has 4 nitrogen and oxygen atoms in total. The van der Waals surface area contributed by atoms with Crippen molar-refractivity contribution in [1.29, 1.82) is 0 Å². The van der Waals surface area contributed by atoms with Crippen molar-refractivity contribution in [3.05, 3.63) is 0 Å². The molecule has 6 heteroatoms. The van der Waals surface area contributed by atoms with Gasteiger partial charge in [-0.15, -0.1) is 0 Å². The van der Waals surface area contributed by atoms with E-state index in [1.165, 1.54) is 19.3 Å². The summed E-state index contributed by atoms with van der Waals surface area (Å²) in [5.74, 6) is 0.623. The summed E-state index contributed by atoms with van der Waals surface area (Å²) in [7, 11) is 0. The van der Waals surface area contributed by atoms with Gasteiger partial charge in [-0.3, -0.25) is 0 Å². The molecule has 2 saturated carbocycles. The van der Waals surface area contributed by atoms with E-state index in [2.05, 4.69) is 46.9 Å². The van der Waals surface area contributed by atoms with Gasteiger partial charge in [0.1, 0.15) is 0 Å². The molecule has 0 spiro atoms. The number of ether oxygens (including phenoxy) is 2. The van der Waals surface area contributed by atoms with Crippen molar-refractivity contribution in [2.75, 3.05) is 6.79 Å². The Morgan fingerprint density at radius 1 is 1.50 bits per heavy atom. The Balaban J connectivity index is 1.52. The van der Waals surface area contributed by atoms with Gasteiger partial charge in [0.2, 0.25) is 0 Å². The molecule has 116 valence electrons. The van der Waals surface area contributed by atoms with Gasteiger partial charge in [-0.05, 0) is 0 Å². The summed E-state index contributed by atoms with van der Waals surface area (Å²) in [6.07, 6.45) is 4.02. The van der Waals surface area contributed by atoms with Crippen LogP contribution in [0.3, 0.4) is 0 Å². The zero-order valence-electron chi connectivity index (χ0n) is 12.1. The van der Waals surface area contributed by atoms with Crippen LogP contribution in [0.25, 0.3) is 0 Å². The van der Waals surface area contributed by atoms with E-state index in [0.717, 1.165) is 5.92 Å². The van der Waals surface area contributed by atoms with E-state index in [1.807, 2.05) is 0 Å². The first-order valence-electron chi connectivity index (χ1n) is 7.15. The van der Waals surface area contributed by atoms with Crippen molar-refractivity contribution in [2.45, 2.75) is 54.1 Å². The molecule has 0 aromatic heterocycles. The molecule has 0 aromatic carbocycles. The summed E-state index contributed by atoms with van der Waals surface area (Å²) < 4.78 is 14.9. The van der Waals surface area contributed by atoms with E-state index in [0.29, 0.717) is 4.05 Å². The summed E-state index contributed by atoms with van der Waals surface area (Å²) in [6, 6.07) is 0. The Morgan fingerprint density at radius 2 is 2.20 bits per heavy atom. The second-order valence-corrected chi connectivity index (χ2v) is 11.0. The first-order chi connectivity index (χ1) is 9.34. The molecule has 0 aromatic rings. The number of rotatable bonds is 5. The summed E-state index contributed by atoms with van der Waals surface area (Å²) in [6.45, 7) is 7.04. The molecule has 2 bridgehead atoms. The number of nitrogens with one attached hydrogen (secondary N) is 1. The summed E-state index contributed by atoms with van der Waals surface area (Å²) in [5.41, 5.74) is 0.473. The number of hydrogen-bond acceptors (Lipinski definition) is 4. The van der Waals surface area contributed by atoms with Crippen LogP contribution in [-0.4, -0.2) is 26.8 Å². The van der Waals surface area contributed by atoms with Crippen molar-refractivity contribution >= 4 is 28.6 Å². The average Bonchev–Trinajstić information content (AvgIpc) is 3.12. The van der Waals surface area contributed by atoms with Crippen molar-refractivity contribution in [3.63, 3.8) is 0 Å². The molecule has 20 heavy (non-hydrogen) atoms. The monoisotopic (exact) mass is 506 g/mol. The van der Waals surface area contributed by atoms with E-state index in [9.17, 15) is 4.79 Å². The molecular formula is C14H22I2NO3-. The second kappa shape index (κ2) is 5.49. The average molecular weight is 506 g/mol. The van der Waals surface area contributed by atoms with Crippen LogP contribution in [0, 0.1) is 16.7 Å². The Morgan fingerprint density at radius 3 is 2.75 bits per heavy atom. The summed E-state index contributed by atoms with van der Waals surface area (Å²) in [4.78, 5) is 11.9. The maximum absolute atomic E-state index is 11.9. The predicted octanol–water partition coefficient (Wildman–Crippen LogP) is -0.545. The second-order valence-electron chi connectivity index (χ2n) is 7.06. The molecule has 1 N–H and O–H groups in total. The van der Waals surface area contributed by atoms with Gasteiger partial charge >= 0.3 is 145 Å². The minimum atomic E-state index is -0.133. The van der Waals surface area contributed by atoms with Crippen molar-refractivity contribution < 1.29 is 35.7 Å². The minimum absolute atomic E-state index is 0.0476. The molecular weight excluding hydrogens is 484 g/mol. The Hall–Kier alpha value is 0.850. The third-order valence-electron chi connectivity index (χ3n) is 5.29. The third-order valence-corrected chi connectivity index (χ3v) is 9.96. The molecule has 1 heterocycles. The van der Waals surface area contributed by atoms with E-state index in [-0.39, 0.29) is 55.1 Å². The predicted molar refractivity (Wildman–Crippen MR) is 79.8 cm³/mol. The topological polar surface area (TPSA) is 57.5 Å². The Labute approximate surface area is 144 Å². The Kier molecular flexibility index (Phi) is 4.32. The summed E-state index contributed by atoms with van der Waals surface area (Å²) >= 11 is 2.22. The number of halogens is 2. The van der Waals surface area contributed by atoms with Crippen LogP contribution >= 0.6 is 22.6 Å². The fourth-order valence-corrected chi connectivity index (χ4v) is 7.31. The van der Waals surface area contributed by atoms with Crippen LogP contribution in [0.15, 0.2) is 0 Å². The van der Waals surface area contributed by atoms with Gasteiger partial charge in [0, 0.05) is 0 Å². The standard InChI is InChI=1S/C14H22I2NO3/c1-13(2)8-4-5-14(3,6-8)12(13)20-7-19-11(18)9(15)10-16-17-10/h8-10,12,17H,4-7H2,1-3H3/q-1. The molecule has 0 radical (unpaired) electrons. The molecule has 0 amide bonds. The van der Waals surface area contributed by atoms with Crippen LogP contribution in [0.5, 0.6) is 0 Å². The molecule has 3 rings (SSSR count). The Bertz CT molecular complexity index is 408. The number of carbonyl (C=O) groups excluding carboxylic acids is 1. The third kappa shape index (κ3) is 2.74. The van der Waals surface area contributed by atoms with Crippen LogP contribution < -0.4 is 25.0 Å². The van der Waals surface area contributed by atoms with Gasteiger partial charge in [-0.1, -0.05) is 0 Å². The van der Waals surface area contributed by atoms with Crippen molar-refractivity contribution in [2.24, 2.45) is 16.7 Å². The fourth-order valence-electron chi connectivity index (χ4n) is 4.18. The summed E-state index contributed by atoms with van der Waals surface area (Å²) in [5, 5.41) is 0. The van der Waals surface area contributed by atoms with Gasteiger partial charge < -0.3 is 0 Å². The van der Waals surface area contributed by atoms with Gasteiger partial charge in [-0.25, -0.2) is 0 Å². The number of alkyl halides is 2. The first kappa shape index (κ1) is 15.7. The maximum atomic E-state index is 11.9. The molecule has 1 saturated heterocycles. The molecule has 5 atom stereocenters. The number of hydrogen-bond donors (Lipinski definition) is 1.